The monoisotopic (exact) mass is 723 g/mol. The molecule has 1 rings (SSSR count). The van der Waals surface area contributed by atoms with Gasteiger partial charge in [0.15, 0.2) is 12.4 Å². The molecular weight excluding hydrogens is 644 g/mol. The minimum atomic E-state index is -1.42. The number of allylic oxidation sites excluding steroid dienone is 4. The zero-order valence-electron chi connectivity index (χ0n) is 33.0. The van der Waals surface area contributed by atoms with Gasteiger partial charge in [-0.3, -0.25) is 9.59 Å². The third-order valence-corrected chi connectivity index (χ3v) is 9.84. The van der Waals surface area contributed by atoms with Crippen molar-refractivity contribution in [2.24, 2.45) is 0 Å². The molecule has 0 aliphatic carbocycles. The lowest BCUT2D eigenvalue weighted by Crippen LogP contribution is -2.60. The van der Waals surface area contributed by atoms with E-state index in [9.17, 15) is 19.8 Å². The number of aliphatic hydroxyl groups excluding tert-OH is 2. The van der Waals surface area contributed by atoms with Crippen molar-refractivity contribution in [3.63, 3.8) is 0 Å². The van der Waals surface area contributed by atoms with Gasteiger partial charge in [0, 0.05) is 20.0 Å². The molecule has 8 heteroatoms. The lowest BCUT2D eigenvalue weighted by Gasteiger charge is -2.41. The van der Waals surface area contributed by atoms with Crippen LogP contribution in [-0.2, 0) is 28.5 Å². The van der Waals surface area contributed by atoms with Gasteiger partial charge in [0.05, 0.1) is 0 Å². The van der Waals surface area contributed by atoms with Crippen molar-refractivity contribution in [3.05, 3.63) is 24.3 Å². The first-order chi connectivity index (χ1) is 24.9. The zero-order valence-corrected chi connectivity index (χ0v) is 33.0. The molecule has 1 aliphatic rings. The van der Waals surface area contributed by atoms with E-state index in [1.54, 1.807) is 0 Å². The molecule has 5 atom stereocenters. The summed E-state index contributed by atoms with van der Waals surface area (Å²) in [5, 5.41) is 21.4. The van der Waals surface area contributed by atoms with Gasteiger partial charge in [-0.2, -0.15) is 0 Å². The zero-order chi connectivity index (χ0) is 37.2. The molecule has 1 aliphatic heterocycles. The first-order valence-corrected chi connectivity index (χ1v) is 21.1. The van der Waals surface area contributed by atoms with Gasteiger partial charge in [0.25, 0.3) is 0 Å². The van der Waals surface area contributed by atoms with E-state index in [0.717, 1.165) is 64.2 Å². The highest BCUT2D eigenvalue weighted by Gasteiger charge is 2.47. The number of methoxy groups -OCH3 is 1. The smallest absolute Gasteiger partial charge is 0.306 e. The largest absolute Gasteiger partial charge is 0.463 e. The third kappa shape index (κ3) is 25.8. The number of unbranched alkanes of at least 4 members (excludes halogenated alkanes) is 22. The fourth-order valence-electron chi connectivity index (χ4n) is 6.50. The van der Waals surface area contributed by atoms with Crippen molar-refractivity contribution < 1.29 is 38.7 Å². The summed E-state index contributed by atoms with van der Waals surface area (Å²) in [5.41, 5.74) is 0. The molecule has 0 aromatic rings. The second-order valence-electron chi connectivity index (χ2n) is 14.6. The van der Waals surface area contributed by atoms with E-state index < -0.39 is 36.7 Å². The lowest BCUT2D eigenvalue weighted by atomic mass is 9.99. The van der Waals surface area contributed by atoms with Crippen LogP contribution in [0.25, 0.3) is 0 Å². The summed E-state index contributed by atoms with van der Waals surface area (Å²) >= 11 is 0. The van der Waals surface area contributed by atoms with Crippen molar-refractivity contribution in [2.45, 2.75) is 224 Å². The Kier molecular flexibility index (Phi) is 31.6. The van der Waals surface area contributed by atoms with Gasteiger partial charge in [0.1, 0.15) is 24.9 Å². The first kappa shape index (κ1) is 47.3. The number of hydrogen-bond acceptors (Lipinski definition) is 8. The molecule has 8 nitrogen and oxygen atoms in total. The van der Waals surface area contributed by atoms with E-state index in [1.807, 2.05) is 0 Å². The molecule has 0 bridgehead atoms. The maximum Gasteiger partial charge on any atom is 0.306 e. The van der Waals surface area contributed by atoms with Gasteiger partial charge in [-0.15, -0.1) is 0 Å². The minimum Gasteiger partial charge on any atom is -0.463 e. The lowest BCUT2D eigenvalue weighted by molar-refractivity contribution is -0.298. The molecule has 2 N–H and O–H groups in total. The Morgan fingerprint density at radius 2 is 0.941 bits per heavy atom. The van der Waals surface area contributed by atoms with Crippen molar-refractivity contribution in [2.75, 3.05) is 13.7 Å². The maximum atomic E-state index is 12.5. The Labute approximate surface area is 312 Å². The fraction of sp³-hybridized carbons (Fsp3) is 0.860. The highest BCUT2D eigenvalue weighted by Crippen LogP contribution is 2.25. The standard InChI is InChI=1S/C43H78O8/c1-4-6-8-10-12-14-16-18-20-22-24-26-28-30-32-34-38(44)49-36-37-40(46)41(47)42(43(48-3)50-37)51-39(45)35-33-31-29-27-25-23-21-19-17-15-13-11-9-7-5-2/h18-21,37,40-43,46-47H,4-17,22-36H2,1-3H3/t37-,40+,41+,42-,43?/m1/s1. The first-order valence-electron chi connectivity index (χ1n) is 21.1. The number of carbonyl (C=O) groups excluding carboxylic acids is 2. The Morgan fingerprint density at radius 3 is 1.37 bits per heavy atom. The molecular formula is C43H78O8. The topological polar surface area (TPSA) is 112 Å². The van der Waals surface area contributed by atoms with Gasteiger partial charge >= 0.3 is 11.9 Å². The van der Waals surface area contributed by atoms with E-state index in [4.69, 9.17) is 18.9 Å². The number of carbonyl (C=O) groups is 2. The summed E-state index contributed by atoms with van der Waals surface area (Å²) in [4.78, 5) is 24.8. The van der Waals surface area contributed by atoms with Gasteiger partial charge in [-0.1, -0.05) is 141 Å². The van der Waals surface area contributed by atoms with Gasteiger partial charge < -0.3 is 29.2 Å². The number of rotatable bonds is 34. The predicted molar refractivity (Wildman–Crippen MR) is 207 cm³/mol. The Hall–Kier alpha value is -1.74. The number of esters is 2. The van der Waals surface area contributed by atoms with Crippen molar-refractivity contribution in [1.82, 2.24) is 0 Å². The summed E-state index contributed by atoms with van der Waals surface area (Å²) in [6, 6.07) is 0. The van der Waals surface area contributed by atoms with Crippen molar-refractivity contribution in [3.8, 4) is 0 Å². The summed E-state index contributed by atoms with van der Waals surface area (Å²) in [6.45, 7) is 4.29. The van der Waals surface area contributed by atoms with Crippen LogP contribution in [0.2, 0.25) is 0 Å². The second-order valence-corrected chi connectivity index (χ2v) is 14.6. The molecule has 0 radical (unpaired) electrons. The maximum absolute atomic E-state index is 12.5. The average molecular weight is 723 g/mol. The third-order valence-electron chi connectivity index (χ3n) is 9.84. The number of ether oxygens (including phenoxy) is 4. The van der Waals surface area contributed by atoms with E-state index >= 15 is 0 Å². The van der Waals surface area contributed by atoms with Crippen molar-refractivity contribution >= 4 is 11.9 Å². The van der Waals surface area contributed by atoms with Crippen LogP contribution in [0.4, 0.5) is 0 Å². The number of hydrogen-bond donors (Lipinski definition) is 2. The van der Waals surface area contributed by atoms with Crippen LogP contribution in [0.5, 0.6) is 0 Å². The second kappa shape index (κ2) is 34.1. The summed E-state index contributed by atoms with van der Waals surface area (Å²) < 4.78 is 21.9. The SMILES string of the molecule is CCCCCCCCC=CCCCCCCCC(=O)OC[C@H]1OC(OC)[C@H](OC(=O)CCCCCCCC=CCCCCCCCC)[C@@H](O)[C@H]1O. The quantitative estimate of drug-likeness (QED) is 0.0384. The van der Waals surface area contributed by atoms with Crippen LogP contribution < -0.4 is 0 Å². The van der Waals surface area contributed by atoms with Crippen LogP contribution in [0.15, 0.2) is 24.3 Å². The predicted octanol–water partition coefficient (Wildman–Crippen LogP) is 10.6. The Bertz CT molecular complexity index is 870. The highest BCUT2D eigenvalue weighted by molar-refractivity contribution is 5.69. The molecule has 0 amide bonds. The average Bonchev–Trinajstić information content (AvgIpc) is 3.13. The van der Waals surface area contributed by atoms with Crippen LogP contribution in [0, 0.1) is 0 Å². The number of aliphatic hydroxyl groups is 2. The van der Waals surface area contributed by atoms with Gasteiger partial charge in [-0.05, 0) is 64.2 Å². The molecule has 0 aromatic carbocycles. The van der Waals surface area contributed by atoms with Crippen LogP contribution in [0.1, 0.15) is 194 Å². The Morgan fingerprint density at radius 1 is 0.549 bits per heavy atom. The highest BCUT2D eigenvalue weighted by atomic mass is 16.7. The molecule has 0 saturated carbocycles. The van der Waals surface area contributed by atoms with E-state index in [-0.39, 0.29) is 19.0 Å². The molecule has 1 fully saturated rings. The molecule has 0 aromatic heterocycles. The molecule has 1 saturated heterocycles. The normalized spacial score (nSPS) is 20.8. The van der Waals surface area contributed by atoms with Crippen LogP contribution in [0.3, 0.4) is 0 Å². The van der Waals surface area contributed by atoms with Crippen molar-refractivity contribution in [1.29, 1.82) is 0 Å². The van der Waals surface area contributed by atoms with Gasteiger partial charge in [0.2, 0.25) is 0 Å². The minimum absolute atomic E-state index is 0.211. The molecule has 298 valence electrons. The fourth-order valence-corrected chi connectivity index (χ4v) is 6.50. The summed E-state index contributed by atoms with van der Waals surface area (Å²) in [7, 11) is 1.38. The van der Waals surface area contributed by atoms with E-state index in [1.165, 1.54) is 103 Å². The van der Waals surface area contributed by atoms with E-state index in [0.29, 0.717) is 12.8 Å². The van der Waals surface area contributed by atoms with Crippen LogP contribution >= 0.6 is 0 Å². The van der Waals surface area contributed by atoms with Crippen LogP contribution in [-0.4, -0.2) is 66.6 Å². The van der Waals surface area contributed by atoms with Gasteiger partial charge in [-0.25, -0.2) is 0 Å². The molecule has 1 heterocycles. The Balaban J connectivity index is 2.12. The molecule has 1 unspecified atom stereocenters. The molecule has 0 spiro atoms. The summed E-state index contributed by atoms with van der Waals surface area (Å²) in [5.74, 6) is -0.820. The summed E-state index contributed by atoms with van der Waals surface area (Å²) in [6.07, 6.45) is 34.5. The molecule has 51 heavy (non-hydrogen) atoms. The van der Waals surface area contributed by atoms with E-state index in [2.05, 4.69) is 38.2 Å².